The summed E-state index contributed by atoms with van der Waals surface area (Å²) in [6.07, 6.45) is 2.48. The lowest BCUT2D eigenvalue weighted by atomic mass is 9.93. The van der Waals surface area contributed by atoms with Crippen molar-refractivity contribution >= 4 is 22.4 Å². The summed E-state index contributed by atoms with van der Waals surface area (Å²) in [5.74, 6) is 0. The number of fused-ring (bicyclic) bond motifs is 1. The Morgan fingerprint density at radius 3 is 2.80 bits per heavy atom. The van der Waals surface area contributed by atoms with Crippen molar-refractivity contribution in [2.45, 2.75) is 19.9 Å². The zero-order valence-electron chi connectivity index (χ0n) is 16.5. The maximum atomic E-state index is 12.3. The van der Waals surface area contributed by atoms with Crippen molar-refractivity contribution in [3.8, 4) is 28.5 Å². The fourth-order valence-corrected chi connectivity index (χ4v) is 4.11. The Hall–Kier alpha value is -3.47. The molecule has 3 N–H and O–H groups in total. The summed E-state index contributed by atoms with van der Waals surface area (Å²) >= 11 is 6.49. The highest BCUT2D eigenvalue weighted by Crippen LogP contribution is 2.37. The first kappa shape index (κ1) is 19.8. The molecule has 2 aromatic heterocycles. The number of aromatic amines is 1. The molecule has 0 amide bonds. The Morgan fingerprint density at radius 1 is 1.30 bits per heavy atom. The van der Waals surface area contributed by atoms with Crippen LogP contribution in [0.1, 0.15) is 23.7 Å². The summed E-state index contributed by atoms with van der Waals surface area (Å²) in [4.78, 5) is 12.3. The Kier molecular flexibility index (Phi) is 5.12. The molecule has 0 spiro atoms. The summed E-state index contributed by atoms with van der Waals surface area (Å²) < 4.78 is 1.74. The molecule has 0 atom stereocenters. The Labute approximate surface area is 177 Å². The quantitative estimate of drug-likeness (QED) is 0.526. The molecule has 0 aliphatic rings. The Bertz CT molecular complexity index is 1380. The van der Waals surface area contributed by atoms with Crippen LogP contribution < -0.4 is 11.3 Å². The summed E-state index contributed by atoms with van der Waals surface area (Å²) in [5, 5.41) is 22.0. The second-order valence-corrected chi connectivity index (χ2v) is 7.33. The summed E-state index contributed by atoms with van der Waals surface area (Å²) in [6.45, 7) is 2.18. The highest BCUT2D eigenvalue weighted by atomic mass is 35.5. The molecule has 30 heavy (non-hydrogen) atoms. The van der Waals surface area contributed by atoms with E-state index in [-0.39, 0.29) is 12.1 Å². The average Bonchev–Trinajstić information content (AvgIpc) is 3.14. The van der Waals surface area contributed by atoms with Crippen LogP contribution in [0, 0.1) is 11.3 Å². The number of nitrogens with zero attached hydrogens (tertiary/aromatic N) is 4. The number of aryl methyl sites for hydroxylation is 2. The third-order valence-corrected chi connectivity index (χ3v) is 5.56. The minimum atomic E-state index is -0.368. The molecule has 2 aromatic carbocycles. The molecule has 0 saturated carbocycles. The fraction of sp³-hybridized carbons (Fsp3) is 0.182. The van der Waals surface area contributed by atoms with Crippen LogP contribution >= 0.6 is 11.6 Å². The number of rotatable bonds is 4. The van der Waals surface area contributed by atoms with E-state index < -0.39 is 0 Å². The van der Waals surface area contributed by atoms with Crippen LogP contribution in [0.5, 0.6) is 0 Å². The van der Waals surface area contributed by atoms with E-state index >= 15 is 0 Å². The van der Waals surface area contributed by atoms with Gasteiger partial charge in [0.25, 0.3) is 5.56 Å². The van der Waals surface area contributed by atoms with Gasteiger partial charge in [0, 0.05) is 30.1 Å². The van der Waals surface area contributed by atoms with E-state index in [4.69, 9.17) is 17.3 Å². The van der Waals surface area contributed by atoms with Gasteiger partial charge in [0.15, 0.2) is 0 Å². The highest BCUT2D eigenvalue weighted by molar-refractivity contribution is 6.36. The number of aromatic nitrogens is 4. The third-order valence-electron chi connectivity index (χ3n) is 5.26. The molecular formula is C22H19ClN6O. The molecule has 150 valence electrons. The van der Waals surface area contributed by atoms with Crippen molar-refractivity contribution in [3.05, 3.63) is 68.7 Å². The molecule has 0 saturated heterocycles. The minimum Gasteiger partial charge on any atom is -0.325 e. The van der Waals surface area contributed by atoms with Crippen LogP contribution in [0.25, 0.3) is 33.2 Å². The lowest BCUT2D eigenvalue weighted by molar-refractivity contribution is 0.775. The predicted molar refractivity (Wildman–Crippen MR) is 117 cm³/mol. The van der Waals surface area contributed by atoms with Gasteiger partial charge in [-0.15, -0.1) is 0 Å². The van der Waals surface area contributed by atoms with E-state index in [9.17, 15) is 10.1 Å². The van der Waals surface area contributed by atoms with Gasteiger partial charge in [0.2, 0.25) is 0 Å². The molecule has 0 fully saturated rings. The van der Waals surface area contributed by atoms with Gasteiger partial charge in [0.1, 0.15) is 6.07 Å². The minimum absolute atomic E-state index is 0.157. The van der Waals surface area contributed by atoms with Gasteiger partial charge < -0.3 is 5.73 Å². The average molecular weight is 419 g/mol. The lowest BCUT2D eigenvalue weighted by Crippen LogP contribution is -2.13. The monoisotopic (exact) mass is 418 g/mol. The molecule has 2 heterocycles. The number of hydrogen-bond donors (Lipinski definition) is 2. The van der Waals surface area contributed by atoms with Crippen molar-refractivity contribution in [2.75, 3.05) is 0 Å². The van der Waals surface area contributed by atoms with Crippen LogP contribution in [0.15, 0.2) is 41.3 Å². The van der Waals surface area contributed by atoms with E-state index in [2.05, 4.69) is 21.4 Å². The fourth-order valence-electron chi connectivity index (χ4n) is 3.80. The van der Waals surface area contributed by atoms with Crippen molar-refractivity contribution in [3.63, 3.8) is 0 Å². The SMILES string of the molecule is CCc1cccc(-c2c(-c3cc(Cl)c4c(=O)[nH]nc(CN)c4c3)cnn2C)c1C#N. The number of hydrogen-bond acceptors (Lipinski definition) is 5. The molecule has 0 aliphatic carbocycles. The smallest absolute Gasteiger partial charge is 0.273 e. The van der Waals surface area contributed by atoms with E-state index in [1.807, 2.05) is 38.2 Å². The normalized spacial score (nSPS) is 11.0. The van der Waals surface area contributed by atoms with Crippen molar-refractivity contribution in [1.29, 1.82) is 5.26 Å². The molecular weight excluding hydrogens is 400 g/mol. The number of nitriles is 1. The molecule has 8 heteroatoms. The van der Waals surface area contributed by atoms with Crippen LogP contribution in [-0.4, -0.2) is 20.0 Å². The van der Waals surface area contributed by atoms with Gasteiger partial charge in [-0.3, -0.25) is 9.48 Å². The molecule has 7 nitrogen and oxygen atoms in total. The zero-order chi connectivity index (χ0) is 21.4. The Balaban J connectivity index is 2.03. The second kappa shape index (κ2) is 7.75. The maximum absolute atomic E-state index is 12.3. The van der Waals surface area contributed by atoms with Crippen LogP contribution in [-0.2, 0) is 20.0 Å². The largest absolute Gasteiger partial charge is 0.325 e. The van der Waals surface area contributed by atoms with Crippen molar-refractivity contribution in [2.24, 2.45) is 12.8 Å². The number of benzene rings is 2. The predicted octanol–water partition coefficient (Wildman–Crippen LogP) is 3.54. The van der Waals surface area contributed by atoms with Crippen LogP contribution in [0.3, 0.4) is 0 Å². The van der Waals surface area contributed by atoms with Gasteiger partial charge in [-0.05, 0) is 29.7 Å². The van der Waals surface area contributed by atoms with Crippen molar-refractivity contribution in [1.82, 2.24) is 20.0 Å². The lowest BCUT2D eigenvalue weighted by Gasteiger charge is -2.12. The van der Waals surface area contributed by atoms with Gasteiger partial charge in [-0.2, -0.15) is 15.5 Å². The van der Waals surface area contributed by atoms with Gasteiger partial charge >= 0.3 is 0 Å². The molecule has 0 aliphatic heterocycles. The van der Waals surface area contributed by atoms with E-state index in [0.717, 1.165) is 34.4 Å². The Morgan fingerprint density at radius 2 is 2.10 bits per heavy atom. The topological polar surface area (TPSA) is 113 Å². The second-order valence-electron chi connectivity index (χ2n) is 6.92. The summed E-state index contributed by atoms with van der Waals surface area (Å²) in [6, 6.07) is 11.7. The number of nitrogens with two attached hydrogens (primary N) is 1. The first-order valence-corrected chi connectivity index (χ1v) is 9.83. The van der Waals surface area contributed by atoms with Crippen LogP contribution in [0.2, 0.25) is 5.02 Å². The molecule has 4 aromatic rings. The van der Waals surface area contributed by atoms with Gasteiger partial charge in [-0.25, -0.2) is 5.10 Å². The number of H-pyrrole nitrogens is 1. The molecule has 0 bridgehead atoms. The van der Waals surface area contributed by atoms with Gasteiger partial charge in [0.05, 0.1) is 33.6 Å². The molecule has 0 radical (unpaired) electrons. The molecule has 0 unspecified atom stereocenters. The third kappa shape index (κ3) is 3.07. The summed E-state index contributed by atoms with van der Waals surface area (Å²) in [7, 11) is 1.83. The molecule has 4 rings (SSSR count). The van der Waals surface area contributed by atoms with E-state index in [1.54, 1.807) is 16.9 Å². The first-order chi connectivity index (χ1) is 14.5. The van der Waals surface area contributed by atoms with E-state index in [0.29, 0.717) is 27.1 Å². The van der Waals surface area contributed by atoms with E-state index in [1.165, 1.54) is 0 Å². The maximum Gasteiger partial charge on any atom is 0.273 e. The van der Waals surface area contributed by atoms with Crippen LogP contribution in [0.4, 0.5) is 0 Å². The highest BCUT2D eigenvalue weighted by Gasteiger charge is 2.20. The first-order valence-electron chi connectivity index (χ1n) is 9.45. The standard InChI is InChI=1S/C22H19ClN6O/c1-3-12-5-4-6-14(16(12)9-24)21-17(11-26-29(21)2)13-7-15-19(10-25)27-28-22(30)20(15)18(23)8-13/h4-8,11H,3,10,25H2,1-2H3,(H,28,30). The zero-order valence-corrected chi connectivity index (χ0v) is 17.3. The van der Waals surface area contributed by atoms with Crippen molar-refractivity contribution < 1.29 is 0 Å². The number of nitrogens with one attached hydrogen (secondary N) is 1. The summed E-state index contributed by atoms with van der Waals surface area (Å²) in [5.41, 5.74) is 10.8. The van der Waals surface area contributed by atoms with Gasteiger partial charge in [-0.1, -0.05) is 36.7 Å². The number of halogens is 1.